The molecule has 1 aliphatic heterocycles. The highest BCUT2D eigenvalue weighted by molar-refractivity contribution is 5.73. The number of methoxy groups -OCH3 is 1. The van der Waals surface area contributed by atoms with Crippen LogP contribution >= 0.6 is 0 Å². The Kier molecular flexibility index (Phi) is 2.97. The molecule has 0 saturated carbocycles. The van der Waals surface area contributed by atoms with Crippen molar-refractivity contribution in [1.82, 2.24) is 5.32 Å². The van der Waals surface area contributed by atoms with Crippen LogP contribution in [0.2, 0.25) is 0 Å². The number of ether oxygens (including phenoxy) is 1. The second-order valence-corrected chi connectivity index (χ2v) is 2.79. The van der Waals surface area contributed by atoms with Crippen LogP contribution in [0.1, 0.15) is 0 Å². The van der Waals surface area contributed by atoms with Crippen molar-refractivity contribution in [3.8, 4) is 0 Å². The quantitative estimate of drug-likeness (QED) is 0.618. The number of rotatable bonds is 2. The molecule has 3 nitrogen and oxygen atoms in total. The lowest BCUT2D eigenvalue weighted by molar-refractivity contribution is -0.148. The van der Waals surface area contributed by atoms with Crippen LogP contribution in [0, 0.1) is 11.8 Å². The minimum Gasteiger partial charge on any atom is -0.469 e. The van der Waals surface area contributed by atoms with Gasteiger partial charge in [-0.25, -0.2) is 8.78 Å². The Balaban J connectivity index is 2.57. The van der Waals surface area contributed by atoms with E-state index in [1.165, 1.54) is 7.11 Å². The van der Waals surface area contributed by atoms with Crippen molar-refractivity contribution < 1.29 is 18.3 Å². The zero-order chi connectivity index (χ0) is 9.14. The molecule has 0 aromatic heterocycles. The number of esters is 1. The Morgan fingerprint density at radius 1 is 1.58 bits per heavy atom. The van der Waals surface area contributed by atoms with Crippen molar-refractivity contribution in [1.29, 1.82) is 0 Å². The maximum absolute atomic E-state index is 12.2. The van der Waals surface area contributed by atoms with Gasteiger partial charge in [0.2, 0.25) is 6.43 Å². The predicted octanol–water partition coefficient (Wildman–Crippen LogP) is 0.260. The first-order chi connectivity index (χ1) is 5.66. The van der Waals surface area contributed by atoms with E-state index in [0.717, 1.165) is 0 Å². The highest BCUT2D eigenvalue weighted by Crippen LogP contribution is 2.24. The molecule has 1 heterocycles. The number of carbonyl (C=O) groups excluding carboxylic acids is 1. The Labute approximate surface area is 69.1 Å². The standard InChI is InChI=1S/C7H11F2NO2/c1-12-7(11)5-3-10-2-4(5)6(8)9/h4-6,10H,2-3H2,1H3. The van der Waals surface area contributed by atoms with Crippen molar-refractivity contribution in [3.05, 3.63) is 0 Å². The second kappa shape index (κ2) is 3.80. The molecular formula is C7H11F2NO2. The summed E-state index contributed by atoms with van der Waals surface area (Å²) in [6.07, 6.45) is -2.45. The van der Waals surface area contributed by atoms with Gasteiger partial charge < -0.3 is 10.1 Å². The summed E-state index contributed by atoms with van der Waals surface area (Å²) in [5.41, 5.74) is 0. The fraction of sp³-hybridized carbons (Fsp3) is 0.857. The van der Waals surface area contributed by atoms with E-state index in [1.54, 1.807) is 0 Å². The first-order valence-electron chi connectivity index (χ1n) is 3.73. The number of halogens is 2. The van der Waals surface area contributed by atoms with Crippen molar-refractivity contribution >= 4 is 5.97 Å². The Morgan fingerprint density at radius 3 is 2.75 bits per heavy atom. The topological polar surface area (TPSA) is 38.3 Å². The van der Waals surface area contributed by atoms with Gasteiger partial charge in [-0.2, -0.15) is 0 Å². The third-order valence-electron chi connectivity index (χ3n) is 2.09. The largest absolute Gasteiger partial charge is 0.469 e. The summed E-state index contributed by atoms with van der Waals surface area (Å²) in [7, 11) is 1.21. The molecule has 5 heteroatoms. The normalized spacial score (nSPS) is 29.3. The Morgan fingerprint density at radius 2 is 2.25 bits per heavy atom. The summed E-state index contributed by atoms with van der Waals surface area (Å²) in [5.74, 6) is -2.13. The molecular weight excluding hydrogens is 168 g/mol. The van der Waals surface area contributed by atoms with Gasteiger partial charge in [-0.05, 0) is 0 Å². The fourth-order valence-electron chi connectivity index (χ4n) is 1.37. The Bertz CT molecular complexity index is 175. The van der Waals surface area contributed by atoms with Crippen LogP contribution in [0.4, 0.5) is 8.78 Å². The summed E-state index contributed by atoms with van der Waals surface area (Å²) in [6, 6.07) is 0. The van der Waals surface area contributed by atoms with Crippen LogP contribution in [-0.2, 0) is 9.53 Å². The predicted molar refractivity (Wildman–Crippen MR) is 37.9 cm³/mol. The molecule has 0 radical (unpaired) electrons. The highest BCUT2D eigenvalue weighted by Gasteiger charge is 2.39. The van der Waals surface area contributed by atoms with Crippen LogP contribution < -0.4 is 5.32 Å². The van der Waals surface area contributed by atoms with Crippen LogP contribution in [0.3, 0.4) is 0 Å². The average Bonchev–Trinajstić information content (AvgIpc) is 2.50. The van der Waals surface area contributed by atoms with E-state index in [4.69, 9.17) is 0 Å². The molecule has 1 rings (SSSR count). The molecule has 1 aliphatic rings. The first kappa shape index (κ1) is 9.38. The van der Waals surface area contributed by atoms with Crippen LogP contribution in [0.15, 0.2) is 0 Å². The summed E-state index contributed by atoms with van der Waals surface area (Å²) in [5, 5.41) is 2.74. The van der Waals surface area contributed by atoms with Gasteiger partial charge in [-0.1, -0.05) is 0 Å². The molecule has 1 N–H and O–H groups in total. The molecule has 0 aromatic rings. The molecule has 2 unspecified atom stereocenters. The maximum Gasteiger partial charge on any atom is 0.310 e. The molecule has 1 saturated heterocycles. The van der Waals surface area contributed by atoms with Gasteiger partial charge in [0.15, 0.2) is 0 Å². The lowest BCUT2D eigenvalue weighted by Crippen LogP contribution is -2.28. The van der Waals surface area contributed by atoms with Crippen molar-refractivity contribution in [3.63, 3.8) is 0 Å². The van der Waals surface area contributed by atoms with Gasteiger partial charge >= 0.3 is 5.97 Å². The van der Waals surface area contributed by atoms with Crippen molar-refractivity contribution in [2.75, 3.05) is 20.2 Å². The number of hydrogen-bond donors (Lipinski definition) is 1. The fourth-order valence-corrected chi connectivity index (χ4v) is 1.37. The summed E-state index contributed by atoms with van der Waals surface area (Å²) >= 11 is 0. The number of hydrogen-bond acceptors (Lipinski definition) is 3. The molecule has 70 valence electrons. The minimum atomic E-state index is -2.45. The lowest BCUT2D eigenvalue weighted by atomic mass is 9.97. The molecule has 0 aliphatic carbocycles. The molecule has 0 amide bonds. The van der Waals surface area contributed by atoms with Gasteiger partial charge in [0.1, 0.15) is 0 Å². The van der Waals surface area contributed by atoms with E-state index in [1.807, 2.05) is 0 Å². The average molecular weight is 179 g/mol. The van der Waals surface area contributed by atoms with Crippen LogP contribution in [0.25, 0.3) is 0 Å². The van der Waals surface area contributed by atoms with Gasteiger partial charge in [-0.3, -0.25) is 4.79 Å². The molecule has 0 aromatic carbocycles. The summed E-state index contributed by atoms with van der Waals surface area (Å²) < 4.78 is 28.9. The first-order valence-corrected chi connectivity index (χ1v) is 3.73. The van der Waals surface area contributed by atoms with Gasteiger partial charge in [0.05, 0.1) is 13.0 Å². The van der Waals surface area contributed by atoms with E-state index in [0.29, 0.717) is 6.54 Å². The van der Waals surface area contributed by atoms with E-state index >= 15 is 0 Å². The summed E-state index contributed by atoms with van der Waals surface area (Å²) in [6.45, 7) is 0.485. The minimum absolute atomic E-state index is 0.192. The highest BCUT2D eigenvalue weighted by atomic mass is 19.3. The van der Waals surface area contributed by atoms with Crippen LogP contribution in [-0.4, -0.2) is 32.6 Å². The maximum atomic E-state index is 12.2. The molecule has 2 atom stereocenters. The van der Waals surface area contributed by atoms with Gasteiger partial charge in [0, 0.05) is 19.0 Å². The molecule has 0 bridgehead atoms. The van der Waals surface area contributed by atoms with Gasteiger partial charge in [0.25, 0.3) is 0 Å². The zero-order valence-corrected chi connectivity index (χ0v) is 6.72. The van der Waals surface area contributed by atoms with Gasteiger partial charge in [-0.15, -0.1) is 0 Å². The smallest absolute Gasteiger partial charge is 0.310 e. The molecule has 0 spiro atoms. The van der Waals surface area contributed by atoms with E-state index in [9.17, 15) is 13.6 Å². The van der Waals surface area contributed by atoms with E-state index < -0.39 is 24.2 Å². The SMILES string of the molecule is COC(=O)C1CNCC1C(F)F. The zero-order valence-electron chi connectivity index (χ0n) is 6.72. The monoisotopic (exact) mass is 179 g/mol. The number of nitrogens with one attached hydrogen (secondary N) is 1. The third-order valence-corrected chi connectivity index (χ3v) is 2.09. The Hall–Kier alpha value is -0.710. The lowest BCUT2D eigenvalue weighted by Gasteiger charge is -2.14. The number of alkyl halides is 2. The second-order valence-electron chi connectivity index (χ2n) is 2.79. The summed E-state index contributed by atoms with van der Waals surface area (Å²) in [4.78, 5) is 10.9. The van der Waals surface area contributed by atoms with E-state index in [-0.39, 0.29) is 6.54 Å². The van der Waals surface area contributed by atoms with E-state index in [2.05, 4.69) is 10.1 Å². The van der Waals surface area contributed by atoms with Crippen molar-refractivity contribution in [2.24, 2.45) is 11.8 Å². The molecule has 1 fully saturated rings. The van der Waals surface area contributed by atoms with Crippen LogP contribution in [0.5, 0.6) is 0 Å². The number of carbonyl (C=O) groups is 1. The third kappa shape index (κ3) is 1.72. The molecule has 12 heavy (non-hydrogen) atoms. The van der Waals surface area contributed by atoms with Crippen molar-refractivity contribution in [2.45, 2.75) is 6.43 Å².